The molecular formula is C23H27NO5. The molecule has 2 aromatic rings. The van der Waals surface area contributed by atoms with Crippen LogP contribution in [0.2, 0.25) is 0 Å². The van der Waals surface area contributed by atoms with Gasteiger partial charge in [-0.05, 0) is 43.0 Å². The van der Waals surface area contributed by atoms with Crippen molar-refractivity contribution in [3.63, 3.8) is 0 Å². The summed E-state index contributed by atoms with van der Waals surface area (Å²) in [5, 5.41) is 12.3. The summed E-state index contributed by atoms with van der Waals surface area (Å²) in [4.78, 5) is 23.9. The van der Waals surface area contributed by atoms with Crippen molar-refractivity contribution < 1.29 is 24.2 Å². The van der Waals surface area contributed by atoms with Crippen molar-refractivity contribution >= 4 is 11.9 Å². The average molecular weight is 397 g/mol. The van der Waals surface area contributed by atoms with Gasteiger partial charge in [0.05, 0.1) is 18.6 Å². The quantitative estimate of drug-likeness (QED) is 0.666. The van der Waals surface area contributed by atoms with Crippen LogP contribution < -0.4 is 14.8 Å². The Bertz CT molecular complexity index is 861. The van der Waals surface area contributed by atoms with Crippen molar-refractivity contribution in [3.05, 3.63) is 59.7 Å². The maximum absolute atomic E-state index is 12.4. The smallest absolute Gasteiger partial charge is 0.310 e. The number of aliphatic carboxylic acids is 1. The lowest BCUT2D eigenvalue weighted by Gasteiger charge is -2.37. The summed E-state index contributed by atoms with van der Waals surface area (Å²) < 4.78 is 11.3. The number of carbonyl (C=O) groups is 2. The van der Waals surface area contributed by atoms with Crippen molar-refractivity contribution in [1.82, 2.24) is 5.32 Å². The molecule has 1 aliphatic rings. The maximum atomic E-state index is 12.4. The lowest BCUT2D eigenvalue weighted by Crippen LogP contribution is -2.43. The molecule has 0 bridgehead atoms. The number of carboxylic acids is 1. The highest BCUT2D eigenvalue weighted by atomic mass is 16.5. The average Bonchev–Trinajstić information content (AvgIpc) is 2.69. The van der Waals surface area contributed by atoms with Gasteiger partial charge in [0.2, 0.25) is 5.91 Å². The molecule has 2 N–H and O–H groups in total. The van der Waals surface area contributed by atoms with Crippen LogP contribution in [0.3, 0.4) is 0 Å². The van der Waals surface area contributed by atoms with Crippen molar-refractivity contribution in [1.29, 1.82) is 0 Å². The second-order valence-electron chi connectivity index (χ2n) is 7.59. The summed E-state index contributed by atoms with van der Waals surface area (Å²) in [6, 6.07) is 15.1. The molecule has 29 heavy (non-hydrogen) atoms. The zero-order valence-corrected chi connectivity index (χ0v) is 16.8. The predicted octanol–water partition coefficient (Wildman–Crippen LogP) is 4.10. The van der Waals surface area contributed by atoms with Crippen LogP contribution in [0.15, 0.2) is 48.5 Å². The first kappa shape index (κ1) is 20.7. The summed E-state index contributed by atoms with van der Waals surface area (Å²) >= 11 is 0. The van der Waals surface area contributed by atoms with Gasteiger partial charge in [-0.1, -0.05) is 42.8 Å². The van der Waals surface area contributed by atoms with E-state index in [0.717, 1.165) is 17.5 Å². The van der Waals surface area contributed by atoms with Crippen LogP contribution in [0.25, 0.3) is 0 Å². The molecule has 0 saturated heterocycles. The van der Waals surface area contributed by atoms with Crippen molar-refractivity contribution in [2.75, 3.05) is 7.11 Å². The highest BCUT2D eigenvalue weighted by Crippen LogP contribution is 2.44. The zero-order chi connectivity index (χ0) is 20.9. The van der Waals surface area contributed by atoms with E-state index in [2.05, 4.69) is 5.32 Å². The highest BCUT2D eigenvalue weighted by Gasteiger charge is 2.46. The van der Waals surface area contributed by atoms with E-state index >= 15 is 0 Å². The fourth-order valence-corrected chi connectivity index (χ4v) is 3.56. The molecular weight excluding hydrogens is 370 g/mol. The van der Waals surface area contributed by atoms with Crippen molar-refractivity contribution in [2.24, 2.45) is 5.41 Å². The van der Waals surface area contributed by atoms with Gasteiger partial charge in [-0.3, -0.25) is 9.59 Å². The van der Waals surface area contributed by atoms with Gasteiger partial charge in [0.1, 0.15) is 6.61 Å². The Morgan fingerprint density at radius 3 is 2.45 bits per heavy atom. The van der Waals surface area contributed by atoms with E-state index in [-0.39, 0.29) is 18.4 Å². The molecule has 1 amide bonds. The number of ether oxygens (including phenoxy) is 2. The topological polar surface area (TPSA) is 84.9 Å². The third-order valence-corrected chi connectivity index (χ3v) is 5.57. The molecule has 6 heteroatoms. The zero-order valence-electron chi connectivity index (χ0n) is 16.8. The van der Waals surface area contributed by atoms with Crippen LogP contribution in [0.4, 0.5) is 0 Å². The van der Waals surface area contributed by atoms with E-state index in [9.17, 15) is 14.7 Å². The second kappa shape index (κ2) is 8.99. The van der Waals surface area contributed by atoms with Gasteiger partial charge in [-0.15, -0.1) is 0 Å². The van der Waals surface area contributed by atoms with Crippen LogP contribution >= 0.6 is 0 Å². The van der Waals surface area contributed by atoms with Crippen molar-refractivity contribution in [3.8, 4) is 11.5 Å². The fraction of sp³-hybridized carbons (Fsp3) is 0.391. The summed E-state index contributed by atoms with van der Waals surface area (Å²) in [5.41, 5.74) is 1.03. The van der Waals surface area contributed by atoms with Gasteiger partial charge in [-0.25, -0.2) is 0 Å². The van der Waals surface area contributed by atoms with E-state index < -0.39 is 11.4 Å². The molecule has 1 aliphatic carbocycles. The third kappa shape index (κ3) is 4.88. The van der Waals surface area contributed by atoms with Gasteiger partial charge >= 0.3 is 5.97 Å². The van der Waals surface area contributed by atoms with Crippen LogP contribution in [0.5, 0.6) is 11.5 Å². The minimum atomic E-state index is -0.892. The molecule has 1 atom stereocenters. The Hall–Kier alpha value is -3.02. The number of carboxylic acid groups (broad SMARTS) is 1. The molecule has 1 unspecified atom stereocenters. The van der Waals surface area contributed by atoms with E-state index in [1.54, 1.807) is 7.11 Å². The summed E-state index contributed by atoms with van der Waals surface area (Å²) in [5.74, 6) is 0.0783. The van der Waals surface area contributed by atoms with E-state index in [0.29, 0.717) is 30.9 Å². The maximum Gasteiger partial charge on any atom is 0.310 e. The summed E-state index contributed by atoms with van der Waals surface area (Å²) in [7, 11) is 1.57. The number of nitrogens with one attached hydrogen (secondary N) is 1. The number of hydrogen-bond acceptors (Lipinski definition) is 4. The van der Waals surface area contributed by atoms with Crippen molar-refractivity contribution in [2.45, 2.75) is 45.3 Å². The van der Waals surface area contributed by atoms with E-state index in [1.165, 1.54) is 0 Å². The molecule has 2 aromatic carbocycles. The van der Waals surface area contributed by atoms with Crippen LogP contribution in [0.1, 0.15) is 49.8 Å². The summed E-state index contributed by atoms with van der Waals surface area (Å²) in [6.45, 7) is 2.30. The minimum Gasteiger partial charge on any atom is -0.493 e. The monoisotopic (exact) mass is 397 g/mol. The van der Waals surface area contributed by atoms with Gasteiger partial charge in [0.25, 0.3) is 0 Å². The van der Waals surface area contributed by atoms with Crippen LogP contribution in [-0.4, -0.2) is 24.1 Å². The molecule has 0 heterocycles. The Morgan fingerprint density at radius 1 is 1.14 bits per heavy atom. The highest BCUT2D eigenvalue weighted by molar-refractivity contribution is 5.85. The summed E-state index contributed by atoms with van der Waals surface area (Å²) in [6.07, 6.45) is 2.00. The van der Waals surface area contributed by atoms with Crippen LogP contribution in [0, 0.1) is 5.41 Å². The number of benzene rings is 2. The normalized spacial score (nSPS) is 15.7. The Kier molecular flexibility index (Phi) is 6.42. The Labute approximate surface area is 170 Å². The SMILES string of the molecule is COc1cc(C(C)NC(=O)CC2(C(=O)O)CCC2)ccc1OCc1ccccc1. The molecule has 3 rings (SSSR count). The van der Waals surface area contributed by atoms with Gasteiger partial charge in [0.15, 0.2) is 11.5 Å². The Balaban J connectivity index is 1.62. The molecule has 0 aromatic heterocycles. The minimum absolute atomic E-state index is 0.0160. The first-order valence-electron chi connectivity index (χ1n) is 9.81. The van der Waals surface area contributed by atoms with Gasteiger partial charge < -0.3 is 19.9 Å². The van der Waals surface area contributed by atoms with Gasteiger partial charge in [0, 0.05) is 6.42 Å². The van der Waals surface area contributed by atoms with Gasteiger partial charge in [-0.2, -0.15) is 0 Å². The first-order chi connectivity index (χ1) is 13.9. The number of amides is 1. The molecule has 0 spiro atoms. The molecule has 1 fully saturated rings. The molecule has 1 saturated carbocycles. The lowest BCUT2D eigenvalue weighted by atomic mass is 9.66. The van der Waals surface area contributed by atoms with Crippen LogP contribution in [-0.2, 0) is 16.2 Å². The standard InChI is InChI=1S/C23H27NO5/c1-16(24-21(25)14-23(22(26)27)11-6-12-23)18-9-10-19(20(13-18)28-2)29-15-17-7-4-3-5-8-17/h3-5,7-10,13,16H,6,11-12,14-15H2,1-2H3,(H,24,25)(H,26,27). The molecule has 0 aliphatic heterocycles. The fourth-order valence-electron chi connectivity index (χ4n) is 3.56. The third-order valence-electron chi connectivity index (χ3n) is 5.57. The second-order valence-corrected chi connectivity index (χ2v) is 7.59. The number of methoxy groups -OCH3 is 1. The molecule has 0 radical (unpaired) electrons. The Morgan fingerprint density at radius 2 is 1.86 bits per heavy atom. The van der Waals surface area contributed by atoms with E-state index in [4.69, 9.17) is 9.47 Å². The predicted molar refractivity (Wildman–Crippen MR) is 109 cm³/mol. The number of carbonyl (C=O) groups excluding carboxylic acids is 1. The molecule has 6 nitrogen and oxygen atoms in total. The molecule has 154 valence electrons. The number of rotatable bonds is 9. The number of hydrogen-bond donors (Lipinski definition) is 2. The largest absolute Gasteiger partial charge is 0.493 e. The lowest BCUT2D eigenvalue weighted by molar-refractivity contribution is -0.157. The van der Waals surface area contributed by atoms with E-state index in [1.807, 2.05) is 55.5 Å². The first-order valence-corrected chi connectivity index (χ1v) is 9.81.